The van der Waals surface area contributed by atoms with Crippen LogP contribution in [0.4, 0.5) is 0 Å². The summed E-state index contributed by atoms with van der Waals surface area (Å²) in [6, 6.07) is 10.6. The second-order valence-corrected chi connectivity index (χ2v) is 9.11. The number of methoxy groups -OCH3 is 3. The number of Topliss-reactive ketones (excluding diaryl/α,β-unsaturated/α-hetero) is 1. The molecule has 0 saturated heterocycles. The van der Waals surface area contributed by atoms with Gasteiger partial charge in [0.25, 0.3) is 0 Å². The minimum Gasteiger partial charge on any atom is -0.504 e. The highest BCUT2D eigenvalue weighted by Crippen LogP contribution is 2.52. The first-order chi connectivity index (χ1) is 19.3. The lowest BCUT2D eigenvalue weighted by atomic mass is 9.85. The van der Waals surface area contributed by atoms with Gasteiger partial charge in [0.2, 0.25) is 0 Å². The van der Waals surface area contributed by atoms with E-state index in [0.29, 0.717) is 34.5 Å². The monoisotopic (exact) mass is 550 g/mol. The van der Waals surface area contributed by atoms with Crippen LogP contribution in [-0.2, 0) is 4.79 Å². The van der Waals surface area contributed by atoms with Crippen molar-refractivity contribution in [2.45, 2.75) is 17.9 Å². The lowest BCUT2D eigenvalue weighted by molar-refractivity contribution is -0.104. The van der Waals surface area contributed by atoms with E-state index in [1.165, 1.54) is 51.7 Å². The van der Waals surface area contributed by atoms with Crippen LogP contribution < -0.4 is 18.9 Å². The predicted octanol–water partition coefficient (Wildman–Crippen LogP) is 3.50. The van der Waals surface area contributed by atoms with Gasteiger partial charge in [-0.3, -0.25) is 9.59 Å². The molecule has 0 saturated carbocycles. The molecule has 0 bridgehead atoms. The van der Waals surface area contributed by atoms with Crippen LogP contribution in [0, 0.1) is 0 Å². The van der Waals surface area contributed by atoms with Gasteiger partial charge in [-0.25, -0.2) is 0 Å². The largest absolute Gasteiger partial charge is 0.504 e. The van der Waals surface area contributed by atoms with Gasteiger partial charge in [-0.2, -0.15) is 0 Å². The molecule has 10 nitrogen and oxygen atoms in total. The van der Waals surface area contributed by atoms with Crippen molar-refractivity contribution in [2.75, 3.05) is 34.5 Å². The number of carbonyl (C=O) groups is 2. The van der Waals surface area contributed by atoms with E-state index in [2.05, 4.69) is 0 Å². The smallest absolute Gasteiger partial charge is 0.172 e. The molecular weight excluding hydrogens is 520 g/mol. The van der Waals surface area contributed by atoms with Gasteiger partial charge in [0, 0.05) is 16.7 Å². The molecule has 1 aliphatic heterocycles. The first kappa shape index (κ1) is 28.5. The minimum atomic E-state index is -1.20. The van der Waals surface area contributed by atoms with Crippen molar-refractivity contribution in [3.05, 3.63) is 76.4 Å². The number of hydrogen-bond acceptors (Lipinski definition) is 10. The van der Waals surface area contributed by atoms with Crippen LogP contribution >= 0.6 is 0 Å². The van der Waals surface area contributed by atoms with E-state index in [-0.39, 0.29) is 40.7 Å². The fourth-order valence-corrected chi connectivity index (χ4v) is 4.90. The number of fused-ring (bicyclic) bond motifs is 1. The number of allylic oxidation sites excluding steroid dienone is 1. The van der Waals surface area contributed by atoms with Crippen molar-refractivity contribution < 1.29 is 49.0 Å². The van der Waals surface area contributed by atoms with Crippen molar-refractivity contribution in [1.29, 1.82) is 0 Å². The highest BCUT2D eigenvalue weighted by molar-refractivity contribution is 6.02. The standard InChI is InChI=1S/C30H30O10/c1-37-24-12-17(6-7-23(24)34)27(35)21(14-32)19-11-18(13-25(38-2)28(19)36)29-22(15-33)20-9-16(5-4-8-31)10-26(39-3)30(20)40-29/h4-13,21-22,29,32-34,36H,14-15H2,1-3H3. The third-order valence-electron chi connectivity index (χ3n) is 6.91. The zero-order valence-corrected chi connectivity index (χ0v) is 22.2. The summed E-state index contributed by atoms with van der Waals surface area (Å²) in [5, 5.41) is 41.6. The Morgan fingerprint density at radius 2 is 1.70 bits per heavy atom. The van der Waals surface area contributed by atoms with E-state index in [1.54, 1.807) is 24.3 Å². The van der Waals surface area contributed by atoms with Gasteiger partial charge in [-0.1, -0.05) is 6.08 Å². The van der Waals surface area contributed by atoms with Crippen molar-refractivity contribution in [3.8, 4) is 34.5 Å². The van der Waals surface area contributed by atoms with Gasteiger partial charge >= 0.3 is 0 Å². The second-order valence-electron chi connectivity index (χ2n) is 9.11. The van der Waals surface area contributed by atoms with Crippen LogP contribution in [0.15, 0.2) is 48.5 Å². The predicted molar refractivity (Wildman–Crippen MR) is 145 cm³/mol. The Hall–Kier alpha value is -4.54. The molecule has 210 valence electrons. The molecule has 4 N–H and O–H groups in total. The number of carbonyl (C=O) groups excluding carboxylic acids is 2. The van der Waals surface area contributed by atoms with Crippen LogP contribution in [0.1, 0.15) is 50.6 Å². The number of aliphatic hydroxyl groups excluding tert-OH is 2. The summed E-state index contributed by atoms with van der Waals surface area (Å²) in [6.45, 7) is -0.951. The Bertz CT molecular complexity index is 1440. The van der Waals surface area contributed by atoms with E-state index in [1.807, 2.05) is 0 Å². The molecule has 1 aliphatic rings. The number of ether oxygens (including phenoxy) is 4. The fourth-order valence-electron chi connectivity index (χ4n) is 4.90. The molecule has 10 heteroatoms. The number of aldehydes is 1. The number of rotatable bonds is 11. The molecule has 3 unspecified atom stereocenters. The maximum Gasteiger partial charge on any atom is 0.172 e. The highest BCUT2D eigenvalue weighted by Gasteiger charge is 2.39. The Labute approximate surface area is 230 Å². The Morgan fingerprint density at radius 1 is 0.975 bits per heavy atom. The average Bonchev–Trinajstić information content (AvgIpc) is 3.35. The first-order valence-corrected chi connectivity index (χ1v) is 12.4. The van der Waals surface area contributed by atoms with Crippen LogP contribution in [-0.4, -0.2) is 67.0 Å². The summed E-state index contributed by atoms with van der Waals surface area (Å²) < 4.78 is 22.3. The molecule has 0 radical (unpaired) electrons. The van der Waals surface area contributed by atoms with Gasteiger partial charge in [-0.05, 0) is 59.7 Å². The number of aliphatic hydroxyl groups is 2. The summed E-state index contributed by atoms with van der Waals surface area (Å²) in [5.41, 5.74) is 2.03. The molecule has 3 aromatic carbocycles. The quantitative estimate of drug-likeness (QED) is 0.159. The van der Waals surface area contributed by atoms with Gasteiger partial charge in [0.15, 0.2) is 40.3 Å². The summed E-state index contributed by atoms with van der Waals surface area (Å²) in [7, 11) is 4.18. The van der Waals surface area contributed by atoms with E-state index in [0.717, 1.165) is 0 Å². The van der Waals surface area contributed by atoms with E-state index in [4.69, 9.17) is 18.9 Å². The molecular formula is C30H30O10. The normalized spacial score (nSPS) is 16.7. The summed E-state index contributed by atoms with van der Waals surface area (Å²) in [4.78, 5) is 24.3. The number of ketones is 1. The minimum absolute atomic E-state index is 0.0415. The summed E-state index contributed by atoms with van der Waals surface area (Å²) in [6.07, 6.45) is 2.83. The third kappa shape index (κ3) is 5.18. The van der Waals surface area contributed by atoms with Gasteiger partial charge in [0.1, 0.15) is 12.4 Å². The van der Waals surface area contributed by atoms with E-state index in [9.17, 15) is 30.0 Å². The Kier molecular flexibility index (Phi) is 8.61. The topological polar surface area (TPSA) is 152 Å². The van der Waals surface area contributed by atoms with Crippen LogP contribution in [0.2, 0.25) is 0 Å². The lowest BCUT2D eigenvalue weighted by Gasteiger charge is -2.23. The maximum absolute atomic E-state index is 13.5. The molecule has 0 aromatic heterocycles. The molecule has 4 rings (SSSR count). The van der Waals surface area contributed by atoms with E-state index < -0.39 is 30.3 Å². The maximum atomic E-state index is 13.5. The van der Waals surface area contributed by atoms with Crippen LogP contribution in [0.5, 0.6) is 34.5 Å². The Balaban J connectivity index is 1.80. The third-order valence-corrected chi connectivity index (χ3v) is 6.91. The Morgan fingerprint density at radius 3 is 2.33 bits per heavy atom. The fraction of sp³-hybridized carbons (Fsp3) is 0.267. The van der Waals surface area contributed by atoms with Crippen molar-refractivity contribution in [2.24, 2.45) is 0 Å². The van der Waals surface area contributed by atoms with Crippen LogP contribution in [0.3, 0.4) is 0 Å². The van der Waals surface area contributed by atoms with Gasteiger partial charge in [-0.15, -0.1) is 0 Å². The molecule has 0 spiro atoms. The van der Waals surface area contributed by atoms with E-state index >= 15 is 0 Å². The summed E-state index contributed by atoms with van der Waals surface area (Å²) >= 11 is 0. The molecule has 3 atom stereocenters. The molecule has 0 aliphatic carbocycles. The highest BCUT2D eigenvalue weighted by atomic mass is 16.5. The second kappa shape index (κ2) is 12.1. The molecule has 3 aromatic rings. The molecule has 0 fully saturated rings. The van der Waals surface area contributed by atoms with Crippen molar-refractivity contribution in [3.63, 3.8) is 0 Å². The zero-order chi connectivity index (χ0) is 29.0. The van der Waals surface area contributed by atoms with Gasteiger partial charge < -0.3 is 39.4 Å². The number of phenols is 2. The lowest BCUT2D eigenvalue weighted by Crippen LogP contribution is -2.19. The number of aromatic hydroxyl groups is 2. The van der Waals surface area contributed by atoms with Crippen molar-refractivity contribution >= 4 is 18.1 Å². The number of benzene rings is 3. The molecule has 1 heterocycles. The number of phenolic OH excluding ortho intramolecular Hbond substituents is 2. The average molecular weight is 551 g/mol. The number of hydrogen-bond donors (Lipinski definition) is 4. The molecule has 40 heavy (non-hydrogen) atoms. The van der Waals surface area contributed by atoms with Gasteiger partial charge in [0.05, 0.1) is 46.4 Å². The summed E-state index contributed by atoms with van der Waals surface area (Å²) in [5.74, 6) is -1.85. The molecule has 0 amide bonds. The zero-order valence-electron chi connectivity index (χ0n) is 22.2. The SMILES string of the molecule is COc1cc(C(=O)C(CO)c2cc(C3Oc4c(OC)cc(C=CC=O)cc4C3CO)cc(OC)c2O)ccc1O. The first-order valence-electron chi connectivity index (χ1n) is 12.4. The van der Waals surface area contributed by atoms with Crippen LogP contribution in [0.25, 0.3) is 6.08 Å². The van der Waals surface area contributed by atoms with Crippen molar-refractivity contribution in [1.82, 2.24) is 0 Å².